The van der Waals surface area contributed by atoms with E-state index >= 15 is 0 Å². The van der Waals surface area contributed by atoms with Gasteiger partial charge in [0.1, 0.15) is 5.75 Å². The first-order chi connectivity index (χ1) is 13.0. The van der Waals surface area contributed by atoms with Crippen LogP contribution in [0.1, 0.15) is 11.4 Å². The van der Waals surface area contributed by atoms with Crippen LogP contribution in [0.5, 0.6) is 5.75 Å². The molecule has 140 valence electrons. The van der Waals surface area contributed by atoms with Crippen LogP contribution < -0.4 is 10.1 Å². The average Bonchev–Trinajstić information content (AvgIpc) is 3.00. The predicted molar refractivity (Wildman–Crippen MR) is 107 cm³/mol. The normalized spacial score (nSPS) is 10.6. The van der Waals surface area contributed by atoms with Gasteiger partial charge in [-0.15, -0.1) is 10.2 Å². The molecule has 3 aromatic rings. The van der Waals surface area contributed by atoms with E-state index < -0.39 is 0 Å². The number of nitrogens with zero attached hydrogens (tertiary/aromatic N) is 3. The Hall–Kier alpha value is -2.51. The Morgan fingerprint density at radius 1 is 1.22 bits per heavy atom. The fourth-order valence-corrected chi connectivity index (χ4v) is 3.19. The van der Waals surface area contributed by atoms with E-state index in [2.05, 4.69) is 15.5 Å². The first kappa shape index (κ1) is 19.3. The molecule has 6 nitrogen and oxygen atoms in total. The van der Waals surface area contributed by atoms with Crippen molar-refractivity contribution < 1.29 is 9.53 Å². The predicted octanol–water partition coefficient (Wildman–Crippen LogP) is 4.09. The minimum atomic E-state index is -0.328. The van der Waals surface area contributed by atoms with Crippen molar-refractivity contribution in [2.45, 2.75) is 18.6 Å². The van der Waals surface area contributed by atoms with Crippen LogP contribution in [0.3, 0.4) is 0 Å². The molecule has 2 aromatic carbocycles. The SMILES string of the molecule is Cc1ccc(OC(=O)CSc2nnc(CNc3cccc(Cl)c3)n2C)cc1. The number of anilines is 1. The lowest BCUT2D eigenvalue weighted by Crippen LogP contribution is -2.11. The molecular weight excluding hydrogens is 384 g/mol. The van der Waals surface area contributed by atoms with Gasteiger partial charge < -0.3 is 14.6 Å². The first-order valence-electron chi connectivity index (χ1n) is 8.29. The highest BCUT2D eigenvalue weighted by Crippen LogP contribution is 2.19. The Kier molecular flexibility index (Phi) is 6.36. The lowest BCUT2D eigenvalue weighted by atomic mass is 10.2. The van der Waals surface area contributed by atoms with Gasteiger partial charge in [0.2, 0.25) is 0 Å². The van der Waals surface area contributed by atoms with E-state index in [9.17, 15) is 4.79 Å². The Labute approximate surface area is 166 Å². The van der Waals surface area contributed by atoms with Gasteiger partial charge in [-0.3, -0.25) is 4.79 Å². The summed E-state index contributed by atoms with van der Waals surface area (Å²) in [5.74, 6) is 1.12. The molecule has 27 heavy (non-hydrogen) atoms. The highest BCUT2D eigenvalue weighted by molar-refractivity contribution is 7.99. The van der Waals surface area contributed by atoms with Gasteiger partial charge in [-0.2, -0.15) is 0 Å². The number of thioether (sulfide) groups is 1. The number of hydrogen-bond donors (Lipinski definition) is 1. The van der Waals surface area contributed by atoms with Crippen LogP contribution in [0.15, 0.2) is 53.7 Å². The summed E-state index contributed by atoms with van der Waals surface area (Å²) >= 11 is 7.27. The van der Waals surface area contributed by atoms with E-state index in [4.69, 9.17) is 16.3 Å². The van der Waals surface area contributed by atoms with Crippen LogP contribution >= 0.6 is 23.4 Å². The third-order valence-corrected chi connectivity index (χ3v) is 5.00. The number of halogens is 1. The fraction of sp³-hybridized carbons (Fsp3) is 0.211. The van der Waals surface area contributed by atoms with Crippen molar-refractivity contribution >= 4 is 35.0 Å². The Morgan fingerprint density at radius 3 is 2.74 bits per heavy atom. The smallest absolute Gasteiger partial charge is 0.321 e. The number of hydrogen-bond acceptors (Lipinski definition) is 6. The maximum absolute atomic E-state index is 12.0. The zero-order valence-corrected chi connectivity index (χ0v) is 16.5. The molecule has 0 aliphatic carbocycles. The Balaban J connectivity index is 1.52. The molecule has 3 rings (SSSR count). The molecule has 0 saturated heterocycles. The molecule has 0 amide bonds. The number of aromatic nitrogens is 3. The zero-order valence-electron chi connectivity index (χ0n) is 15.0. The second-order valence-corrected chi connectivity index (χ2v) is 7.28. The number of nitrogens with one attached hydrogen (secondary N) is 1. The molecule has 8 heteroatoms. The Morgan fingerprint density at radius 2 is 2.00 bits per heavy atom. The minimum Gasteiger partial charge on any atom is -0.426 e. The molecule has 0 atom stereocenters. The molecule has 1 aromatic heterocycles. The second kappa shape index (κ2) is 8.92. The highest BCUT2D eigenvalue weighted by Gasteiger charge is 2.12. The van der Waals surface area contributed by atoms with Crippen molar-refractivity contribution in [2.75, 3.05) is 11.1 Å². The molecule has 0 aliphatic rings. The van der Waals surface area contributed by atoms with Gasteiger partial charge in [-0.05, 0) is 37.3 Å². The third kappa shape index (κ3) is 5.48. The van der Waals surface area contributed by atoms with E-state index in [1.54, 1.807) is 12.1 Å². The van der Waals surface area contributed by atoms with Crippen molar-refractivity contribution in [3.63, 3.8) is 0 Å². The van der Waals surface area contributed by atoms with Crippen LogP contribution in [0.4, 0.5) is 5.69 Å². The minimum absolute atomic E-state index is 0.154. The number of carbonyl (C=O) groups is 1. The summed E-state index contributed by atoms with van der Waals surface area (Å²) in [6.07, 6.45) is 0. The van der Waals surface area contributed by atoms with Crippen molar-refractivity contribution in [2.24, 2.45) is 7.05 Å². The topological polar surface area (TPSA) is 69.0 Å². The van der Waals surface area contributed by atoms with Gasteiger partial charge >= 0.3 is 5.97 Å². The van der Waals surface area contributed by atoms with Crippen LogP contribution in [-0.2, 0) is 18.4 Å². The summed E-state index contributed by atoms with van der Waals surface area (Å²) in [6, 6.07) is 14.8. The number of rotatable bonds is 7. The maximum Gasteiger partial charge on any atom is 0.321 e. The molecule has 1 heterocycles. The molecule has 0 bridgehead atoms. The molecular formula is C19H19ClN4O2S. The van der Waals surface area contributed by atoms with Gasteiger partial charge in [0.25, 0.3) is 0 Å². The molecule has 0 aliphatic heterocycles. The summed E-state index contributed by atoms with van der Waals surface area (Å²) in [6.45, 7) is 2.48. The first-order valence-corrected chi connectivity index (χ1v) is 9.65. The largest absolute Gasteiger partial charge is 0.426 e. The number of carbonyl (C=O) groups excluding carboxylic acids is 1. The standard InChI is InChI=1S/C19H19ClN4O2S/c1-13-6-8-16(9-7-13)26-18(25)12-27-19-23-22-17(24(19)2)11-21-15-5-3-4-14(20)10-15/h3-10,21H,11-12H2,1-2H3. The van der Waals surface area contributed by atoms with E-state index in [1.165, 1.54) is 11.8 Å². The van der Waals surface area contributed by atoms with Crippen molar-refractivity contribution in [3.8, 4) is 5.75 Å². The molecule has 0 spiro atoms. The molecule has 1 N–H and O–H groups in total. The van der Waals surface area contributed by atoms with Gasteiger partial charge in [0, 0.05) is 17.8 Å². The molecule has 0 unspecified atom stereocenters. The molecule has 0 fully saturated rings. The van der Waals surface area contributed by atoms with E-state index in [-0.39, 0.29) is 11.7 Å². The summed E-state index contributed by atoms with van der Waals surface area (Å²) in [4.78, 5) is 12.0. The summed E-state index contributed by atoms with van der Waals surface area (Å²) in [5, 5.41) is 12.9. The third-order valence-electron chi connectivity index (χ3n) is 3.77. The van der Waals surface area contributed by atoms with Gasteiger partial charge in [0.15, 0.2) is 11.0 Å². The lowest BCUT2D eigenvalue weighted by Gasteiger charge is -2.07. The van der Waals surface area contributed by atoms with Crippen LogP contribution in [-0.4, -0.2) is 26.5 Å². The van der Waals surface area contributed by atoms with Crippen molar-refractivity contribution in [1.29, 1.82) is 0 Å². The van der Waals surface area contributed by atoms with E-state index in [0.717, 1.165) is 17.1 Å². The molecule has 0 saturated carbocycles. The van der Waals surface area contributed by atoms with E-state index in [0.29, 0.717) is 22.5 Å². The summed E-state index contributed by atoms with van der Waals surface area (Å²) < 4.78 is 7.16. The second-order valence-electron chi connectivity index (χ2n) is 5.90. The Bertz CT molecular complexity index is 928. The lowest BCUT2D eigenvalue weighted by molar-refractivity contribution is -0.131. The fourth-order valence-electron chi connectivity index (χ4n) is 2.29. The number of ether oxygens (including phenoxy) is 1. The van der Waals surface area contributed by atoms with Crippen LogP contribution in [0.25, 0.3) is 0 Å². The average molecular weight is 403 g/mol. The summed E-state index contributed by atoms with van der Waals surface area (Å²) in [5.41, 5.74) is 2.02. The van der Waals surface area contributed by atoms with Crippen LogP contribution in [0.2, 0.25) is 5.02 Å². The summed E-state index contributed by atoms with van der Waals surface area (Å²) in [7, 11) is 1.86. The van der Waals surface area contributed by atoms with E-state index in [1.807, 2.05) is 54.9 Å². The number of aryl methyl sites for hydroxylation is 1. The molecule has 0 radical (unpaired) electrons. The van der Waals surface area contributed by atoms with Crippen LogP contribution in [0, 0.1) is 6.92 Å². The van der Waals surface area contributed by atoms with Gasteiger partial charge in [-0.1, -0.05) is 47.1 Å². The number of esters is 1. The van der Waals surface area contributed by atoms with Crippen molar-refractivity contribution in [1.82, 2.24) is 14.8 Å². The van der Waals surface area contributed by atoms with Gasteiger partial charge in [0.05, 0.1) is 12.3 Å². The van der Waals surface area contributed by atoms with Crippen molar-refractivity contribution in [3.05, 3.63) is 64.9 Å². The highest BCUT2D eigenvalue weighted by atomic mass is 35.5. The zero-order chi connectivity index (χ0) is 19.2. The maximum atomic E-state index is 12.0. The quantitative estimate of drug-likeness (QED) is 0.364. The van der Waals surface area contributed by atoms with Gasteiger partial charge in [-0.25, -0.2) is 0 Å². The monoisotopic (exact) mass is 402 g/mol. The number of benzene rings is 2.